The minimum atomic E-state index is -0.415. The van der Waals surface area contributed by atoms with Gasteiger partial charge >= 0.3 is 0 Å². The first-order chi connectivity index (χ1) is 8.58. The van der Waals surface area contributed by atoms with Crippen molar-refractivity contribution in [2.75, 3.05) is 6.61 Å². The van der Waals surface area contributed by atoms with E-state index in [9.17, 15) is 5.11 Å². The van der Waals surface area contributed by atoms with Gasteiger partial charge in [-0.05, 0) is 34.9 Å². The van der Waals surface area contributed by atoms with Crippen LogP contribution in [0.5, 0.6) is 5.75 Å². The first-order valence-corrected chi connectivity index (χ1v) is 6.99. The molecule has 0 saturated heterocycles. The van der Waals surface area contributed by atoms with Crippen LogP contribution in [0.25, 0.3) is 0 Å². The van der Waals surface area contributed by atoms with E-state index in [1.54, 1.807) is 0 Å². The van der Waals surface area contributed by atoms with Gasteiger partial charge in [0.2, 0.25) is 0 Å². The Morgan fingerprint density at radius 1 is 1.00 bits per heavy atom. The quantitative estimate of drug-likeness (QED) is 0.885. The van der Waals surface area contributed by atoms with Crippen molar-refractivity contribution in [3.63, 3.8) is 0 Å². The summed E-state index contributed by atoms with van der Waals surface area (Å²) in [6, 6.07) is 8.13. The molecule has 0 amide bonds. The van der Waals surface area contributed by atoms with Gasteiger partial charge < -0.3 is 9.84 Å². The number of benzene rings is 1. The van der Waals surface area contributed by atoms with Crippen LogP contribution in [-0.2, 0) is 5.41 Å². The number of aliphatic hydroxyl groups is 1. The molecule has 0 aliphatic carbocycles. The summed E-state index contributed by atoms with van der Waals surface area (Å²) in [6.45, 7) is 13.3. The topological polar surface area (TPSA) is 29.5 Å². The lowest BCUT2D eigenvalue weighted by atomic mass is 9.87. The number of aliphatic hydroxyl groups excluding tert-OH is 1. The first kappa shape index (κ1) is 16.0. The predicted molar refractivity (Wildman–Crippen MR) is 80.7 cm³/mol. The van der Waals surface area contributed by atoms with Crippen LogP contribution in [0, 0.1) is 5.41 Å². The fourth-order valence-corrected chi connectivity index (χ4v) is 2.01. The molecule has 1 aromatic rings. The molecule has 0 saturated carbocycles. The zero-order valence-corrected chi connectivity index (χ0v) is 13.2. The third-order valence-electron chi connectivity index (χ3n) is 3.01. The summed E-state index contributed by atoms with van der Waals surface area (Å²) in [5, 5.41) is 9.90. The van der Waals surface area contributed by atoms with E-state index in [2.05, 4.69) is 53.7 Å². The van der Waals surface area contributed by atoms with Crippen molar-refractivity contribution in [3.05, 3.63) is 29.8 Å². The number of hydrogen-bond acceptors (Lipinski definition) is 2. The summed E-state index contributed by atoms with van der Waals surface area (Å²) in [5.74, 6) is 0.820. The molecule has 1 rings (SSSR count). The molecule has 1 atom stereocenters. The van der Waals surface area contributed by atoms with Crippen molar-refractivity contribution in [1.82, 2.24) is 0 Å². The Morgan fingerprint density at radius 2 is 1.53 bits per heavy atom. The monoisotopic (exact) mass is 264 g/mol. The van der Waals surface area contributed by atoms with Crippen LogP contribution in [0.15, 0.2) is 24.3 Å². The van der Waals surface area contributed by atoms with E-state index in [1.165, 1.54) is 5.56 Å². The number of ether oxygens (including phenoxy) is 1. The standard InChI is InChI=1S/C17H28O2/c1-16(2,3)11-14(18)12-19-15-9-7-13(8-10-15)17(4,5)6/h7-10,14,18H,11-12H2,1-6H3. The SMILES string of the molecule is CC(C)(C)CC(O)COc1ccc(C(C)(C)C)cc1. The summed E-state index contributed by atoms with van der Waals surface area (Å²) >= 11 is 0. The van der Waals surface area contributed by atoms with Crippen LogP contribution in [-0.4, -0.2) is 17.8 Å². The summed E-state index contributed by atoms with van der Waals surface area (Å²) in [6.07, 6.45) is 0.329. The van der Waals surface area contributed by atoms with E-state index in [0.29, 0.717) is 6.61 Å². The Balaban J connectivity index is 2.51. The fourth-order valence-electron chi connectivity index (χ4n) is 2.01. The number of rotatable bonds is 4. The van der Waals surface area contributed by atoms with Crippen molar-refractivity contribution in [1.29, 1.82) is 0 Å². The van der Waals surface area contributed by atoms with Crippen LogP contribution in [0.3, 0.4) is 0 Å². The van der Waals surface area contributed by atoms with Crippen molar-refractivity contribution in [3.8, 4) is 5.75 Å². The Labute approximate surface area is 117 Å². The summed E-state index contributed by atoms with van der Waals surface area (Å²) in [7, 11) is 0. The smallest absolute Gasteiger partial charge is 0.119 e. The molecule has 0 aromatic heterocycles. The largest absolute Gasteiger partial charge is 0.491 e. The Hall–Kier alpha value is -1.02. The highest BCUT2D eigenvalue weighted by molar-refractivity contribution is 5.31. The van der Waals surface area contributed by atoms with Crippen LogP contribution in [0.4, 0.5) is 0 Å². The zero-order chi connectivity index (χ0) is 14.7. The Kier molecular flexibility index (Phi) is 5.03. The van der Waals surface area contributed by atoms with Gasteiger partial charge in [0.15, 0.2) is 0 Å². The van der Waals surface area contributed by atoms with Crippen molar-refractivity contribution in [2.24, 2.45) is 5.41 Å². The predicted octanol–water partition coefficient (Wildman–Crippen LogP) is 4.16. The maximum absolute atomic E-state index is 9.90. The third-order valence-corrected chi connectivity index (χ3v) is 3.01. The van der Waals surface area contributed by atoms with Gasteiger partial charge in [0.05, 0.1) is 6.10 Å². The summed E-state index contributed by atoms with van der Waals surface area (Å²) in [5.41, 5.74) is 1.57. The van der Waals surface area contributed by atoms with Crippen molar-refractivity contribution in [2.45, 2.75) is 59.5 Å². The van der Waals surface area contributed by atoms with Crippen molar-refractivity contribution >= 4 is 0 Å². The molecule has 0 fully saturated rings. The molecule has 0 heterocycles. The van der Waals surface area contributed by atoms with E-state index in [0.717, 1.165) is 12.2 Å². The van der Waals surface area contributed by atoms with E-state index < -0.39 is 6.10 Å². The Morgan fingerprint density at radius 3 is 1.95 bits per heavy atom. The van der Waals surface area contributed by atoms with Gasteiger partial charge in [0, 0.05) is 0 Å². The van der Waals surface area contributed by atoms with Crippen LogP contribution >= 0.6 is 0 Å². The van der Waals surface area contributed by atoms with Gasteiger partial charge in [0.25, 0.3) is 0 Å². The highest BCUT2D eigenvalue weighted by atomic mass is 16.5. The van der Waals surface area contributed by atoms with Gasteiger partial charge in [0.1, 0.15) is 12.4 Å². The van der Waals surface area contributed by atoms with E-state index in [1.807, 2.05) is 12.1 Å². The van der Waals surface area contributed by atoms with Crippen molar-refractivity contribution < 1.29 is 9.84 Å². The molecule has 2 nitrogen and oxygen atoms in total. The molecule has 1 N–H and O–H groups in total. The second-order valence-corrected chi connectivity index (χ2v) is 7.50. The highest BCUT2D eigenvalue weighted by Gasteiger charge is 2.17. The minimum Gasteiger partial charge on any atom is -0.491 e. The van der Waals surface area contributed by atoms with Gasteiger partial charge in [-0.15, -0.1) is 0 Å². The molecule has 0 spiro atoms. The molecule has 19 heavy (non-hydrogen) atoms. The zero-order valence-electron chi connectivity index (χ0n) is 13.2. The lowest BCUT2D eigenvalue weighted by Gasteiger charge is -2.23. The lowest BCUT2D eigenvalue weighted by molar-refractivity contribution is 0.0710. The minimum absolute atomic E-state index is 0.124. The first-order valence-electron chi connectivity index (χ1n) is 6.99. The van der Waals surface area contributed by atoms with E-state index in [4.69, 9.17) is 4.74 Å². The molecule has 0 aliphatic heterocycles. The summed E-state index contributed by atoms with van der Waals surface area (Å²) in [4.78, 5) is 0. The van der Waals surface area contributed by atoms with Gasteiger partial charge in [-0.2, -0.15) is 0 Å². The molecular formula is C17H28O2. The molecular weight excluding hydrogens is 236 g/mol. The van der Waals surface area contributed by atoms with E-state index in [-0.39, 0.29) is 10.8 Å². The molecule has 1 unspecified atom stereocenters. The van der Waals surface area contributed by atoms with Crippen LogP contribution in [0.1, 0.15) is 53.5 Å². The average Bonchev–Trinajstić information content (AvgIpc) is 2.23. The molecule has 0 bridgehead atoms. The molecule has 2 heteroatoms. The molecule has 108 valence electrons. The summed E-state index contributed by atoms with van der Waals surface area (Å²) < 4.78 is 5.63. The highest BCUT2D eigenvalue weighted by Crippen LogP contribution is 2.25. The van der Waals surface area contributed by atoms with E-state index >= 15 is 0 Å². The fraction of sp³-hybridized carbons (Fsp3) is 0.647. The molecule has 1 aromatic carbocycles. The maximum Gasteiger partial charge on any atom is 0.119 e. The maximum atomic E-state index is 9.90. The average molecular weight is 264 g/mol. The van der Waals surface area contributed by atoms with Gasteiger partial charge in [-0.1, -0.05) is 53.7 Å². The van der Waals surface area contributed by atoms with Crippen LogP contribution in [0.2, 0.25) is 0 Å². The van der Waals surface area contributed by atoms with Gasteiger partial charge in [-0.25, -0.2) is 0 Å². The van der Waals surface area contributed by atoms with Gasteiger partial charge in [-0.3, -0.25) is 0 Å². The normalized spacial score (nSPS) is 14.3. The second-order valence-electron chi connectivity index (χ2n) is 7.50. The molecule has 0 aliphatic rings. The molecule has 0 radical (unpaired) electrons. The Bertz CT molecular complexity index is 379. The van der Waals surface area contributed by atoms with Crippen LogP contribution < -0.4 is 4.74 Å². The number of hydrogen-bond donors (Lipinski definition) is 1. The third kappa shape index (κ3) is 6.11. The lowest BCUT2D eigenvalue weighted by Crippen LogP contribution is -2.23. The second kappa shape index (κ2) is 5.96.